The lowest BCUT2D eigenvalue weighted by atomic mass is 9.74. The Kier molecular flexibility index (Phi) is 6.64. The zero-order valence-electron chi connectivity index (χ0n) is 16.0. The molecule has 2 heterocycles. The molecule has 8 heteroatoms. The second-order valence-corrected chi connectivity index (χ2v) is 7.30. The van der Waals surface area contributed by atoms with Gasteiger partial charge in [-0.25, -0.2) is 0 Å². The Morgan fingerprint density at radius 1 is 1.37 bits per heavy atom. The van der Waals surface area contributed by atoms with Crippen LogP contribution < -0.4 is 16.5 Å². The number of hydrogen-bond donors (Lipinski definition) is 3. The first-order valence-corrected chi connectivity index (χ1v) is 9.21. The van der Waals surface area contributed by atoms with Gasteiger partial charge in [-0.2, -0.15) is 0 Å². The summed E-state index contributed by atoms with van der Waals surface area (Å²) in [4.78, 5) is 36.5. The smallest absolute Gasteiger partial charge is 0.240 e. The van der Waals surface area contributed by atoms with Gasteiger partial charge in [-0.05, 0) is 25.7 Å². The van der Waals surface area contributed by atoms with E-state index >= 15 is 0 Å². The van der Waals surface area contributed by atoms with Crippen LogP contribution in [0.1, 0.15) is 51.1 Å². The lowest BCUT2D eigenvalue weighted by Gasteiger charge is -2.36. The van der Waals surface area contributed by atoms with Crippen LogP contribution in [0.2, 0.25) is 0 Å². The van der Waals surface area contributed by atoms with E-state index in [1.165, 1.54) is 6.07 Å². The van der Waals surface area contributed by atoms with Crippen LogP contribution in [0.4, 0.5) is 0 Å². The first kappa shape index (κ1) is 21.0. The third kappa shape index (κ3) is 4.68. The minimum atomic E-state index is -0.880. The first-order chi connectivity index (χ1) is 12.7. The van der Waals surface area contributed by atoms with Gasteiger partial charge in [-0.15, -0.1) is 0 Å². The Labute approximate surface area is 158 Å². The molecule has 0 saturated carbocycles. The number of nitrogens with two attached hydrogens (primary N) is 1. The van der Waals surface area contributed by atoms with Gasteiger partial charge >= 0.3 is 0 Å². The SMILES string of the molecule is CCC(C)C(NC(=O)CC1(c2oc(C)cc(=O)c2O)CCOCC1)C(N)=O. The van der Waals surface area contributed by atoms with Crippen LogP contribution in [-0.2, 0) is 19.7 Å². The van der Waals surface area contributed by atoms with Crippen molar-refractivity contribution < 1.29 is 23.8 Å². The minimum absolute atomic E-state index is 0.0451. The van der Waals surface area contributed by atoms with Crippen LogP contribution in [0.15, 0.2) is 15.3 Å². The molecular formula is C19H28N2O6. The van der Waals surface area contributed by atoms with Gasteiger partial charge in [0.1, 0.15) is 11.8 Å². The van der Waals surface area contributed by atoms with Gasteiger partial charge in [0.05, 0.1) is 0 Å². The summed E-state index contributed by atoms with van der Waals surface area (Å²) >= 11 is 0. The van der Waals surface area contributed by atoms with Crippen molar-refractivity contribution in [3.05, 3.63) is 27.8 Å². The molecule has 1 aliphatic heterocycles. The average molecular weight is 380 g/mol. The number of carbonyl (C=O) groups is 2. The van der Waals surface area contributed by atoms with Crippen molar-refractivity contribution >= 4 is 11.8 Å². The van der Waals surface area contributed by atoms with Crippen molar-refractivity contribution in [1.29, 1.82) is 0 Å². The average Bonchev–Trinajstić information content (AvgIpc) is 2.62. The van der Waals surface area contributed by atoms with E-state index in [0.29, 0.717) is 38.2 Å². The number of amides is 2. The molecular weight excluding hydrogens is 352 g/mol. The largest absolute Gasteiger partial charge is 0.502 e. The van der Waals surface area contributed by atoms with Crippen molar-refractivity contribution in [2.75, 3.05) is 13.2 Å². The van der Waals surface area contributed by atoms with Crippen LogP contribution in [0.3, 0.4) is 0 Å². The molecule has 1 aromatic heterocycles. The Balaban J connectivity index is 2.33. The molecule has 0 bridgehead atoms. The molecule has 150 valence electrons. The highest BCUT2D eigenvalue weighted by atomic mass is 16.5. The minimum Gasteiger partial charge on any atom is -0.502 e. The summed E-state index contributed by atoms with van der Waals surface area (Å²) in [6.45, 7) is 6.10. The predicted molar refractivity (Wildman–Crippen MR) is 98.3 cm³/mol. The summed E-state index contributed by atoms with van der Waals surface area (Å²) in [5.74, 6) is -1.11. The maximum absolute atomic E-state index is 12.7. The Morgan fingerprint density at radius 2 is 2.00 bits per heavy atom. The van der Waals surface area contributed by atoms with Gasteiger partial charge in [0, 0.05) is 31.1 Å². The monoisotopic (exact) mass is 380 g/mol. The molecule has 0 aliphatic carbocycles. The quantitative estimate of drug-likeness (QED) is 0.649. The molecule has 2 atom stereocenters. The van der Waals surface area contributed by atoms with E-state index in [1.807, 2.05) is 13.8 Å². The molecule has 1 fully saturated rings. The maximum atomic E-state index is 12.7. The van der Waals surface area contributed by atoms with Gasteiger partial charge in [-0.3, -0.25) is 14.4 Å². The summed E-state index contributed by atoms with van der Waals surface area (Å²) in [7, 11) is 0. The third-order valence-corrected chi connectivity index (χ3v) is 5.31. The normalized spacial score (nSPS) is 18.5. The van der Waals surface area contributed by atoms with Crippen molar-refractivity contribution in [2.45, 2.75) is 57.9 Å². The lowest BCUT2D eigenvalue weighted by molar-refractivity contribution is -0.130. The van der Waals surface area contributed by atoms with Crippen molar-refractivity contribution in [3.8, 4) is 5.75 Å². The van der Waals surface area contributed by atoms with Gasteiger partial charge < -0.3 is 25.3 Å². The molecule has 1 aliphatic rings. The van der Waals surface area contributed by atoms with E-state index in [0.717, 1.165) is 0 Å². The van der Waals surface area contributed by atoms with E-state index in [4.69, 9.17) is 14.9 Å². The van der Waals surface area contributed by atoms with Crippen molar-refractivity contribution in [3.63, 3.8) is 0 Å². The molecule has 4 N–H and O–H groups in total. The number of carbonyl (C=O) groups excluding carboxylic acids is 2. The predicted octanol–water partition coefficient (Wildman–Crippen LogP) is 1.11. The summed E-state index contributed by atoms with van der Waals surface area (Å²) in [5.41, 5.74) is 4.00. The summed E-state index contributed by atoms with van der Waals surface area (Å²) in [6.07, 6.45) is 1.45. The Morgan fingerprint density at radius 3 is 2.56 bits per heavy atom. The van der Waals surface area contributed by atoms with Gasteiger partial charge in [-0.1, -0.05) is 20.3 Å². The number of aryl methyl sites for hydroxylation is 1. The number of rotatable bonds is 7. The lowest BCUT2D eigenvalue weighted by Crippen LogP contribution is -2.50. The molecule has 0 radical (unpaired) electrons. The highest BCUT2D eigenvalue weighted by Gasteiger charge is 2.42. The fraction of sp³-hybridized carbons (Fsp3) is 0.632. The molecule has 1 saturated heterocycles. The second kappa shape index (κ2) is 8.56. The summed E-state index contributed by atoms with van der Waals surface area (Å²) in [6, 6.07) is 0.426. The highest BCUT2D eigenvalue weighted by Crippen LogP contribution is 2.41. The molecule has 0 aromatic carbocycles. The van der Waals surface area contributed by atoms with E-state index in [1.54, 1.807) is 6.92 Å². The highest BCUT2D eigenvalue weighted by molar-refractivity contribution is 5.87. The van der Waals surface area contributed by atoms with Crippen LogP contribution >= 0.6 is 0 Å². The Hall–Kier alpha value is -2.35. The zero-order chi connectivity index (χ0) is 20.2. The van der Waals surface area contributed by atoms with Crippen LogP contribution in [0.5, 0.6) is 5.75 Å². The van der Waals surface area contributed by atoms with Gasteiger partial charge in [0.2, 0.25) is 23.0 Å². The van der Waals surface area contributed by atoms with E-state index in [-0.39, 0.29) is 24.0 Å². The van der Waals surface area contributed by atoms with Crippen molar-refractivity contribution in [2.24, 2.45) is 11.7 Å². The van der Waals surface area contributed by atoms with Crippen LogP contribution in [-0.4, -0.2) is 36.2 Å². The zero-order valence-corrected chi connectivity index (χ0v) is 16.0. The molecule has 0 spiro atoms. The molecule has 2 amide bonds. The summed E-state index contributed by atoms with van der Waals surface area (Å²) < 4.78 is 11.1. The topological polar surface area (TPSA) is 132 Å². The van der Waals surface area contributed by atoms with E-state index in [2.05, 4.69) is 5.32 Å². The third-order valence-electron chi connectivity index (χ3n) is 5.31. The number of primary amides is 1. The van der Waals surface area contributed by atoms with E-state index < -0.39 is 28.5 Å². The van der Waals surface area contributed by atoms with Crippen molar-refractivity contribution in [1.82, 2.24) is 5.32 Å². The molecule has 1 aromatic rings. The molecule has 27 heavy (non-hydrogen) atoms. The molecule has 2 rings (SSSR count). The van der Waals surface area contributed by atoms with E-state index in [9.17, 15) is 19.5 Å². The fourth-order valence-electron chi connectivity index (χ4n) is 3.47. The molecule has 2 unspecified atom stereocenters. The number of aromatic hydroxyl groups is 1. The van der Waals surface area contributed by atoms with Crippen LogP contribution in [0.25, 0.3) is 0 Å². The van der Waals surface area contributed by atoms with Gasteiger partial charge in [0.25, 0.3) is 0 Å². The number of ether oxygens (including phenoxy) is 1. The summed E-state index contributed by atoms with van der Waals surface area (Å²) in [5, 5.41) is 13.0. The fourth-order valence-corrected chi connectivity index (χ4v) is 3.47. The standard InChI is InChI=1S/C19H28N2O6/c1-4-11(2)15(18(20)25)21-14(23)10-19(5-7-26-8-6-19)17-16(24)13(22)9-12(3)27-17/h9,11,15,24H,4-8,10H2,1-3H3,(H2,20,25)(H,21,23). The Bertz CT molecular complexity index is 751. The number of hydrogen-bond acceptors (Lipinski definition) is 6. The maximum Gasteiger partial charge on any atom is 0.240 e. The van der Waals surface area contributed by atoms with Gasteiger partial charge in [0.15, 0.2) is 5.76 Å². The first-order valence-electron chi connectivity index (χ1n) is 9.21. The van der Waals surface area contributed by atoms with Crippen LogP contribution in [0, 0.1) is 12.8 Å². The molecule has 8 nitrogen and oxygen atoms in total. The second-order valence-electron chi connectivity index (χ2n) is 7.30. The number of nitrogens with one attached hydrogen (secondary N) is 1.